The lowest BCUT2D eigenvalue weighted by Gasteiger charge is -2.14. The molecular formula is C25H25F3N2O3. The molecule has 33 heavy (non-hydrogen) atoms. The first-order valence-corrected chi connectivity index (χ1v) is 10.5. The van der Waals surface area contributed by atoms with Gasteiger partial charge in [0, 0.05) is 24.4 Å². The van der Waals surface area contributed by atoms with Gasteiger partial charge in [-0.1, -0.05) is 12.1 Å². The number of carbonyl (C=O) groups excluding carboxylic acids is 1. The van der Waals surface area contributed by atoms with E-state index in [1.807, 2.05) is 13.8 Å². The summed E-state index contributed by atoms with van der Waals surface area (Å²) >= 11 is 0. The van der Waals surface area contributed by atoms with Gasteiger partial charge in [0.25, 0.3) is 5.91 Å². The first-order valence-electron chi connectivity index (χ1n) is 10.5. The van der Waals surface area contributed by atoms with Crippen molar-refractivity contribution in [1.29, 1.82) is 0 Å². The molecule has 0 saturated carbocycles. The highest BCUT2D eigenvalue weighted by molar-refractivity contribution is 6.05. The molecule has 8 heteroatoms. The maximum absolute atomic E-state index is 13.1. The predicted octanol–water partition coefficient (Wildman–Crippen LogP) is 6.42. The van der Waals surface area contributed by atoms with Crippen molar-refractivity contribution in [1.82, 2.24) is 4.98 Å². The van der Waals surface area contributed by atoms with Crippen LogP contribution in [0.15, 0.2) is 60.7 Å². The largest absolute Gasteiger partial charge is 0.457 e. The zero-order valence-electron chi connectivity index (χ0n) is 18.6. The van der Waals surface area contributed by atoms with Crippen LogP contribution in [0, 0.1) is 6.92 Å². The van der Waals surface area contributed by atoms with Crippen LogP contribution >= 0.6 is 0 Å². The number of nitrogens with zero attached hydrogens (tertiary/aromatic N) is 1. The zero-order chi connectivity index (χ0) is 24.0. The summed E-state index contributed by atoms with van der Waals surface area (Å²) in [4.78, 5) is 17.2. The summed E-state index contributed by atoms with van der Waals surface area (Å²) in [5.41, 5.74) is 1.49. The third-order valence-corrected chi connectivity index (χ3v) is 4.87. The molecule has 0 spiro atoms. The first kappa shape index (κ1) is 24.3. The number of aromatic nitrogens is 1. The minimum Gasteiger partial charge on any atom is -0.457 e. The molecule has 0 bridgehead atoms. The molecule has 0 aliphatic carbocycles. The third-order valence-electron chi connectivity index (χ3n) is 4.87. The van der Waals surface area contributed by atoms with Crippen LogP contribution in [0.25, 0.3) is 0 Å². The summed E-state index contributed by atoms with van der Waals surface area (Å²) in [6.07, 6.45) is -3.84. The molecular weight excluding hydrogens is 433 g/mol. The fourth-order valence-electron chi connectivity index (χ4n) is 3.33. The van der Waals surface area contributed by atoms with Crippen LogP contribution in [0.2, 0.25) is 0 Å². The fraction of sp³-hybridized carbons (Fsp3) is 0.280. The molecule has 1 atom stereocenters. The van der Waals surface area contributed by atoms with Crippen LogP contribution < -0.4 is 10.1 Å². The van der Waals surface area contributed by atoms with E-state index >= 15 is 0 Å². The van der Waals surface area contributed by atoms with Gasteiger partial charge in [-0.2, -0.15) is 13.2 Å². The van der Waals surface area contributed by atoms with E-state index in [0.717, 1.165) is 11.8 Å². The molecule has 5 nitrogen and oxygen atoms in total. The number of anilines is 1. The number of para-hydroxylation sites is 1. The zero-order valence-corrected chi connectivity index (χ0v) is 18.6. The van der Waals surface area contributed by atoms with E-state index in [-0.39, 0.29) is 23.5 Å². The molecule has 174 valence electrons. The monoisotopic (exact) mass is 458 g/mol. The Hall–Kier alpha value is -3.39. The Balaban J connectivity index is 1.66. The number of alkyl halides is 3. The second-order valence-electron chi connectivity index (χ2n) is 7.48. The van der Waals surface area contributed by atoms with E-state index in [9.17, 15) is 18.0 Å². The highest BCUT2D eigenvalue weighted by atomic mass is 19.4. The average Bonchev–Trinajstić information content (AvgIpc) is 2.75. The summed E-state index contributed by atoms with van der Waals surface area (Å²) in [6, 6.07) is 14.6. The van der Waals surface area contributed by atoms with E-state index < -0.39 is 11.7 Å². The topological polar surface area (TPSA) is 60.5 Å². The number of halogens is 3. The maximum Gasteiger partial charge on any atom is 0.419 e. The maximum atomic E-state index is 13.1. The molecule has 2 aromatic carbocycles. The summed E-state index contributed by atoms with van der Waals surface area (Å²) < 4.78 is 50.3. The quantitative estimate of drug-likeness (QED) is 0.423. The van der Waals surface area contributed by atoms with Crippen molar-refractivity contribution < 1.29 is 27.4 Å². The number of pyridine rings is 1. The van der Waals surface area contributed by atoms with Crippen molar-refractivity contribution in [3.63, 3.8) is 0 Å². The number of hydrogen-bond donors (Lipinski definition) is 1. The Morgan fingerprint density at radius 2 is 1.76 bits per heavy atom. The molecule has 0 saturated heterocycles. The van der Waals surface area contributed by atoms with E-state index in [2.05, 4.69) is 10.3 Å². The van der Waals surface area contributed by atoms with Crippen LogP contribution in [-0.4, -0.2) is 23.6 Å². The van der Waals surface area contributed by atoms with Gasteiger partial charge < -0.3 is 14.8 Å². The Morgan fingerprint density at radius 3 is 2.39 bits per heavy atom. The van der Waals surface area contributed by atoms with Gasteiger partial charge >= 0.3 is 6.18 Å². The smallest absolute Gasteiger partial charge is 0.419 e. The second kappa shape index (κ2) is 10.5. The van der Waals surface area contributed by atoms with Crippen molar-refractivity contribution in [2.75, 3.05) is 11.9 Å². The molecule has 1 unspecified atom stereocenters. The molecule has 0 radical (unpaired) electrons. The Kier molecular flexibility index (Phi) is 7.71. The molecule has 1 amide bonds. The molecule has 1 aromatic heterocycles. The van der Waals surface area contributed by atoms with E-state index in [1.165, 1.54) is 30.3 Å². The van der Waals surface area contributed by atoms with Crippen molar-refractivity contribution in [2.45, 2.75) is 39.5 Å². The van der Waals surface area contributed by atoms with Gasteiger partial charge in [-0.05, 0) is 69.3 Å². The molecule has 3 aromatic rings. The highest BCUT2D eigenvalue weighted by Gasteiger charge is 2.34. The minimum atomic E-state index is -4.52. The Bertz CT molecular complexity index is 1100. The minimum absolute atomic E-state index is 0.0328. The van der Waals surface area contributed by atoms with Crippen molar-refractivity contribution in [3.05, 3.63) is 83.2 Å². The van der Waals surface area contributed by atoms with E-state index in [0.29, 0.717) is 30.0 Å². The first-order chi connectivity index (χ1) is 15.7. The number of nitrogens with one attached hydrogen (secondary N) is 1. The molecule has 3 rings (SSSR count). The number of rotatable bonds is 8. The van der Waals surface area contributed by atoms with E-state index in [4.69, 9.17) is 9.47 Å². The molecule has 1 N–H and O–H groups in total. The lowest BCUT2D eigenvalue weighted by molar-refractivity contribution is -0.138. The molecule has 0 fully saturated rings. The van der Waals surface area contributed by atoms with Crippen molar-refractivity contribution in [3.8, 4) is 11.5 Å². The Morgan fingerprint density at radius 1 is 1.06 bits per heavy atom. The lowest BCUT2D eigenvalue weighted by Crippen LogP contribution is -2.16. The van der Waals surface area contributed by atoms with Gasteiger partial charge in [0.05, 0.1) is 22.9 Å². The number of amides is 1. The van der Waals surface area contributed by atoms with Crippen molar-refractivity contribution >= 4 is 11.6 Å². The van der Waals surface area contributed by atoms with Gasteiger partial charge in [0.15, 0.2) is 0 Å². The number of benzene rings is 2. The molecule has 1 heterocycles. The number of hydrogen-bond acceptors (Lipinski definition) is 4. The number of aryl methyl sites for hydroxylation is 1. The molecule has 0 aliphatic heterocycles. The number of ether oxygens (including phenoxy) is 2. The number of carbonyl (C=O) groups is 1. The SMILES string of the molecule is CCOC(C)Cc1ccc(C(=O)Nc2ccc(Oc3ccccc3C(F)(F)F)cc2)c(C)n1. The second-order valence-corrected chi connectivity index (χ2v) is 7.48. The van der Waals surface area contributed by atoms with Gasteiger partial charge in [-0.25, -0.2) is 0 Å². The van der Waals surface area contributed by atoms with Crippen molar-refractivity contribution in [2.24, 2.45) is 0 Å². The lowest BCUT2D eigenvalue weighted by atomic mass is 10.1. The van der Waals surface area contributed by atoms with Crippen LogP contribution in [-0.2, 0) is 17.3 Å². The summed E-state index contributed by atoms with van der Waals surface area (Å²) in [7, 11) is 0. The standard InChI is InChI=1S/C25H25F3N2O3/c1-4-32-16(2)15-19-11-14-21(17(3)29-19)24(31)30-18-9-12-20(13-10-18)33-23-8-6-5-7-22(23)25(26,27)28/h5-14,16H,4,15H2,1-3H3,(H,30,31). The highest BCUT2D eigenvalue weighted by Crippen LogP contribution is 2.38. The van der Waals surface area contributed by atoms with Gasteiger partial charge in [-0.3, -0.25) is 9.78 Å². The van der Waals surface area contributed by atoms with Crippen LogP contribution in [0.5, 0.6) is 11.5 Å². The summed E-state index contributed by atoms with van der Waals surface area (Å²) in [6.45, 7) is 6.29. The Labute approximate surface area is 190 Å². The molecule has 0 aliphatic rings. The van der Waals surface area contributed by atoms with Crippen LogP contribution in [0.1, 0.15) is 41.2 Å². The fourth-order valence-corrected chi connectivity index (χ4v) is 3.33. The van der Waals surface area contributed by atoms with Gasteiger partial charge in [-0.15, -0.1) is 0 Å². The van der Waals surface area contributed by atoms with Crippen LogP contribution in [0.4, 0.5) is 18.9 Å². The van der Waals surface area contributed by atoms with Gasteiger partial charge in [0.2, 0.25) is 0 Å². The normalized spacial score (nSPS) is 12.3. The van der Waals surface area contributed by atoms with Crippen LogP contribution in [0.3, 0.4) is 0 Å². The summed E-state index contributed by atoms with van der Waals surface area (Å²) in [5.74, 6) is -0.405. The predicted molar refractivity (Wildman–Crippen MR) is 120 cm³/mol. The summed E-state index contributed by atoms with van der Waals surface area (Å²) in [5, 5.41) is 2.77. The average molecular weight is 458 g/mol. The third kappa shape index (κ3) is 6.55. The van der Waals surface area contributed by atoms with Gasteiger partial charge in [0.1, 0.15) is 11.5 Å². The van der Waals surface area contributed by atoms with E-state index in [1.54, 1.807) is 31.2 Å².